The van der Waals surface area contributed by atoms with Crippen molar-refractivity contribution in [3.05, 3.63) is 83.2 Å². The molecule has 24 heavy (non-hydrogen) atoms. The van der Waals surface area contributed by atoms with Gasteiger partial charge < -0.3 is 0 Å². The number of hydrogen-bond donors (Lipinski definition) is 0. The van der Waals surface area contributed by atoms with Gasteiger partial charge in [-0.2, -0.15) is 0 Å². The van der Waals surface area contributed by atoms with Crippen LogP contribution < -0.4 is 0 Å². The first-order valence-corrected chi connectivity index (χ1v) is 7.59. The quantitative estimate of drug-likeness (QED) is 0.439. The summed E-state index contributed by atoms with van der Waals surface area (Å²) in [5.41, 5.74) is 2.93. The second-order valence-corrected chi connectivity index (χ2v) is 5.85. The summed E-state index contributed by atoms with van der Waals surface area (Å²) in [5.74, 6) is -0.282. The number of carbonyl (C=O) groups is 2. The van der Waals surface area contributed by atoms with Crippen LogP contribution in [-0.2, 0) is 0 Å². The zero-order valence-corrected chi connectivity index (χ0v) is 12.5. The molecule has 4 nitrogen and oxygen atoms in total. The molecule has 0 N–H and O–H groups in total. The van der Waals surface area contributed by atoms with Gasteiger partial charge in [-0.15, -0.1) is 0 Å². The summed E-state index contributed by atoms with van der Waals surface area (Å²) in [7, 11) is 0. The van der Waals surface area contributed by atoms with Crippen molar-refractivity contribution in [3.8, 4) is 0 Å². The average molecular weight is 310 g/mol. The molecular weight excluding hydrogens is 300 g/mol. The minimum absolute atomic E-state index is 0.141. The summed E-state index contributed by atoms with van der Waals surface area (Å²) in [5, 5.41) is 1.89. The molecule has 1 aliphatic rings. The van der Waals surface area contributed by atoms with E-state index in [9.17, 15) is 9.59 Å². The highest BCUT2D eigenvalue weighted by molar-refractivity contribution is 6.30. The van der Waals surface area contributed by atoms with Gasteiger partial charge in [0.2, 0.25) is 0 Å². The molecule has 0 saturated heterocycles. The number of hydrogen-bond acceptors (Lipinski definition) is 4. The van der Waals surface area contributed by atoms with Crippen LogP contribution in [0.15, 0.2) is 60.9 Å². The molecule has 0 aliphatic heterocycles. The number of aromatic nitrogens is 2. The maximum atomic E-state index is 12.9. The van der Waals surface area contributed by atoms with E-state index in [1.807, 2.05) is 24.3 Å². The first-order chi connectivity index (χ1) is 11.7. The van der Waals surface area contributed by atoms with Crippen LogP contribution in [0.25, 0.3) is 21.8 Å². The lowest BCUT2D eigenvalue weighted by Crippen LogP contribution is -2.21. The first-order valence-electron chi connectivity index (χ1n) is 7.59. The smallest absolute Gasteiger partial charge is 0.194 e. The molecule has 0 bridgehead atoms. The van der Waals surface area contributed by atoms with Crippen molar-refractivity contribution in [1.82, 2.24) is 9.97 Å². The molecule has 0 fully saturated rings. The van der Waals surface area contributed by atoms with Crippen LogP contribution in [0.5, 0.6) is 0 Å². The molecular formula is C20H10N2O2. The number of fused-ring (bicyclic) bond motifs is 4. The lowest BCUT2D eigenvalue weighted by molar-refractivity contribution is 0.0979. The zero-order valence-electron chi connectivity index (χ0n) is 12.5. The van der Waals surface area contributed by atoms with E-state index in [1.54, 1.807) is 36.7 Å². The molecule has 0 spiro atoms. The lowest BCUT2D eigenvalue weighted by Gasteiger charge is -2.18. The van der Waals surface area contributed by atoms with Crippen molar-refractivity contribution >= 4 is 33.4 Å². The minimum Gasteiger partial charge on any atom is -0.289 e. The van der Waals surface area contributed by atoms with Crippen molar-refractivity contribution < 1.29 is 9.59 Å². The van der Waals surface area contributed by atoms with Crippen molar-refractivity contribution in [2.24, 2.45) is 0 Å². The largest absolute Gasteiger partial charge is 0.289 e. The van der Waals surface area contributed by atoms with Crippen LogP contribution in [0, 0.1) is 0 Å². The van der Waals surface area contributed by atoms with Crippen LogP contribution >= 0.6 is 0 Å². The Labute approximate surface area is 136 Å². The standard InChI is InChI=1S/C20H10N2O2/c23-19-13-7-11-3-1-2-4-12(11)8-14(13)20(24)16-10-18-17(9-15(16)19)21-5-6-22-18/h1-10H. The van der Waals surface area contributed by atoms with E-state index >= 15 is 0 Å². The molecule has 3 aromatic carbocycles. The molecule has 4 aromatic rings. The van der Waals surface area contributed by atoms with E-state index in [-0.39, 0.29) is 11.6 Å². The van der Waals surface area contributed by atoms with E-state index < -0.39 is 0 Å². The minimum atomic E-state index is -0.141. The van der Waals surface area contributed by atoms with E-state index in [2.05, 4.69) is 9.97 Å². The lowest BCUT2D eigenvalue weighted by atomic mass is 9.82. The summed E-state index contributed by atoms with van der Waals surface area (Å²) in [6.45, 7) is 0. The second kappa shape index (κ2) is 4.55. The highest BCUT2D eigenvalue weighted by Crippen LogP contribution is 2.32. The summed E-state index contributed by atoms with van der Waals surface area (Å²) in [6.07, 6.45) is 3.15. The number of ketones is 2. The molecule has 0 radical (unpaired) electrons. The fourth-order valence-electron chi connectivity index (χ4n) is 3.29. The molecule has 0 unspecified atom stereocenters. The average Bonchev–Trinajstić information content (AvgIpc) is 2.64. The number of carbonyl (C=O) groups excluding carboxylic acids is 2. The topological polar surface area (TPSA) is 59.9 Å². The Morgan fingerprint density at radius 1 is 0.583 bits per heavy atom. The Morgan fingerprint density at radius 3 is 1.46 bits per heavy atom. The number of benzene rings is 3. The molecule has 0 atom stereocenters. The Hall–Kier alpha value is -3.40. The van der Waals surface area contributed by atoms with Crippen LogP contribution in [0.1, 0.15) is 31.8 Å². The van der Waals surface area contributed by atoms with Gasteiger partial charge in [-0.3, -0.25) is 19.6 Å². The van der Waals surface area contributed by atoms with Gasteiger partial charge in [-0.05, 0) is 35.0 Å². The zero-order chi connectivity index (χ0) is 16.3. The fraction of sp³-hybridized carbons (Fsp3) is 0. The van der Waals surface area contributed by atoms with E-state index in [0.717, 1.165) is 10.8 Å². The number of rotatable bonds is 0. The van der Waals surface area contributed by atoms with Crippen molar-refractivity contribution in [2.75, 3.05) is 0 Å². The third-order valence-electron chi connectivity index (χ3n) is 4.47. The summed E-state index contributed by atoms with van der Waals surface area (Å²) in [4.78, 5) is 34.3. The van der Waals surface area contributed by atoms with Crippen LogP contribution in [0.3, 0.4) is 0 Å². The SMILES string of the molecule is O=C1c2cc3ccccc3cc2C(=O)c2cc3nccnc3cc21. The van der Waals surface area contributed by atoms with Gasteiger partial charge in [0.05, 0.1) is 11.0 Å². The maximum Gasteiger partial charge on any atom is 0.194 e. The third-order valence-corrected chi connectivity index (χ3v) is 4.47. The predicted molar refractivity (Wildman–Crippen MR) is 90.4 cm³/mol. The highest BCUT2D eigenvalue weighted by Gasteiger charge is 2.30. The molecule has 1 aliphatic carbocycles. The van der Waals surface area contributed by atoms with E-state index in [0.29, 0.717) is 33.3 Å². The van der Waals surface area contributed by atoms with Gasteiger partial charge in [0.25, 0.3) is 0 Å². The third kappa shape index (κ3) is 1.68. The predicted octanol–water partition coefficient (Wildman–Crippen LogP) is 3.56. The normalized spacial score (nSPS) is 13.2. The fourth-order valence-corrected chi connectivity index (χ4v) is 3.29. The Morgan fingerprint density at radius 2 is 1.00 bits per heavy atom. The Bertz CT molecular complexity index is 1010. The van der Waals surface area contributed by atoms with Crippen LogP contribution in [0.4, 0.5) is 0 Å². The van der Waals surface area contributed by atoms with Gasteiger partial charge in [0, 0.05) is 34.6 Å². The van der Waals surface area contributed by atoms with Crippen LogP contribution in [0.2, 0.25) is 0 Å². The monoisotopic (exact) mass is 310 g/mol. The first kappa shape index (κ1) is 13.1. The van der Waals surface area contributed by atoms with E-state index in [4.69, 9.17) is 0 Å². The molecule has 112 valence electrons. The Kier molecular flexibility index (Phi) is 2.48. The van der Waals surface area contributed by atoms with E-state index in [1.165, 1.54) is 0 Å². The van der Waals surface area contributed by atoms with Crippen LogP contribution in [-0.4, -0.2) is 21.5 Å². The summed E-state index contributed by atoms with van der Waals surface area (Å²) in [6, 6.07) is 14.6. The Balaban J connectivity index is 1.84. The molecule has 5 rings (SSSR count). The highest BCUT2D eigenvalue weighted by atomic mass is 16.1. The summed E-state index contributed by atoms with van der Waals surface area (Å²) < 4.78 is 0. The summed E-state index contributed by atoms with van der Waals surface area (Å²) >= 11 is 0. The number of nitrogens with zero attached hydrogens (tertiary/aromatic N) is 2. The molecule has 4 heteroatoms. The van der Waals surface area contributed by atoms with Gasteiger partial charge in [-0.1, -0.05) is 24.3 Å². The molecule has 1 heterocycles. The van der Waals surface area contributed by atoms with Crippen molar-refractivity contribution in [3.63, 3.8) is 0 Å². The molecule has 0 amide bonds. The molecule has 1 aromatic heterocycles. The second-order valence-electron chi connectivity index (χ2n) is 5.85. The van der Waals surface area contributed by atoms with Crippen molar-refractivity contribution in [1.29, 1.82) is 0 Å². The van der Waals surface area contributed by atoms with Gasteiger partial charge in [0.1, 0.15) is 0 Å². The van der Waals surface area contributed by atoms with Gasteiger partial charge in [-0.25, -0.2) is 0 Å². The molecule has 0 saturated carbocycles. The maximum absolute atomic E-state index is 12.9. The van der Waals surface area contributed by atoms with Crippen molar-refractivity contribution in [2.45, 2.75) is 0 Å². The van der Waals surface area contributed by atoms with Gasteiger partial charge in [0.15, 0.2) is 11.6 Å². The van der Waals surface area contributed by atoms with Gasteiger partial charge >= 0.3 is 0 Å².